The molecule has 0 atom stereocenters. The average Bonchev–Trinajstić information content (AvgIpc) is 2.64. The molecule has 0 bridgehead atoms. The quantitative estimate of drug-likeness (QED) is 0.728. The molecular weight excluding hydrogens is 200 g/mol. The van der Waals surface area contributed by atoms with Crippen LogP contribution in [0.4, 0.5) is 5.69 Å². The number of benzene rings is 1. The fourth-order valence-electron chi connectivity index (χ4n) is 1.27. The highest BCUT2D eigenvalue weighted by atomic mass is 35.5. The largest absolute Gasteiger partial charge is 0.398 e. The number of nitrogens with two attached hydrogens (primary N) is 1. The zero-order chi connectivity index (χ0) is 10.1. The van der Waals surface area contributed by atoms with E-state index in [1.54, 1.807) is 17.1 Å². The number of rotatable bonds is 1. The Bertz CT molecular complexity index is 450. The van der Waals surface area contributed by atoms with Gasteiger partial charge in [0, 0.05) is 0 Å². The molecule has 1 aromatic carbocycles. The minimum atomic E-state index is 0.529. The number of halogens is 1. The first-order valence-electron chi connectivity index (χ1n) is 4.09. The number of aromatic nitrogens is 3. The number of nitrogen functional groups attached to an aromatic ring is 1. The maximum atomic E-state index is 5.92. The number of aryl methyl sites for hydroxylation is 1. The van der Waals surface area contributed by atoms with Gasteiger partial charge in [0.2, 0.25) is 0 Å². The summed E-state index contributed by atoms with van der Waals surface area (Å²) in [7, 11) is 0. The molecule has 0 saturated carbocycles. The second-order valence-corrected chi connectivity index (χ2v) is 3.41. The third-order valence-electron chi connectivity index (χ3n) is 1.98. The van der Waals surface area contributed by atoms with Crippen LogP contribution in [0.2, 0.25) is 5.02 Å². The SMILES string of the molecule is Cc1cc(N)c(Cl)cc1-n1cncn1. The molecule has 1 aromatic heterocycles. The third-order valence-corrected chi connectivity index (χ3v) is 2.31. The van der Waals surface area contributed by atoms with Gasteiger partial charge < -0.3 is 5.73 Å². The molecule has 14 heavy (non-hydrogen) atoms. The molecular formula is C9H9ClN4. The van der Waals surface area contributed by atoms with Crippen LogP contribution in [0, 0.1) is 6.92 Å². The van der Waals surface area contributed by atoms with Gasteiger partial charge >= 0.3 is 0 Å². The lowest BCUT2D eigenvalue weighted by Crippen LogP contribution is -1.99. The summed E-state index contributed by atoms with van der Waals surface area (Å²) in [5.41, 5.74) is 8.14. The summed E-state index contributed by atoms with van der Waals surface area (Å²) < 4.78 is 1.65. The summed E-state index contributed by atoms with van der Waals surface area (Å²) in [6.45, 7) is 1.95. The molecule has 0 aliphatic heterocycles. The lowest BCUT2D eigenvalue weighted by atomic mass is 10.2. The lowest BCUT2D eigenvalue weighted by molar-refractivity contribution is 0.871. The zero-order valence-corrected chi connectivity index (χ0v) is 8.36. The van der Waals surface area contributed by atoms with E-state index < -0.39 is 0 Å². The summed E-state index contributed by atoms with van der Waals surface area (Å²) in [6.07, 6.45) is 3.10. The molecule has 5 heteroatoms. The molecule has 0 spiro atoms. The van der Waals surface area contributed by atoms with E-state index in [1.807, 2.05) is 13.0 Å². The van der Waals surface area contributed by atoms with E-state index in [0.717, 1.165) is 11.3 Å². The minimum Gasteiger partial charge on any atom is -0.398 e. The van der Waals surface area contributed by atoms with Gasteiger partial charge in [0.25, 0.3) is 0 Å². The van der Waals surface area contributed by atoms with Gasteiger partial charge in [-0.2, -0.15) is 5.10 Å². The van der Waals surface area contributed by atoms with Gasteiger partial charge in [-0.1, -0.05) is 11.6 Å². The Labute approximate surface area is 86.3 Å². The fourth-order valence-corrected chi connectivity index (χ4v) is 1.43. The smallest absolute Gasteiger partial charge is 0.138 e. The van der Waals surface area contributed by atoms with Crippen molar-refractivity contribution in [1.82, 2.24) is 14.8 Å². The van der Waals surface area contributed by atoms with Crippen LogP contribution in [0.5, 0.6) is 0 Å². The van der Waals surface area contributed by atoms with Crippen molar-refractivity contribution in [3.8, 4) is 5.69 Å². The minimum absolute atomic E-state index is 0.529. The van der Waals surface area contributed by atoms with Crippen LogP contribution < -0.4 is 5.73 Å². The molecule has 1 heterocycles. The average molecular weight is 209 g/mol. The van der Waals surface area contributed by atoms with Crippen molar-refractivity contribution in [3.63, 3.8) is 0 Å². The molecule has 0 radical (unpaired) electrons. The molecule has 4 nitrogen and oxygen atoms in total. The van der Waals surface area contributed by atoms with Gasteiger partial charge in [0.1, 0.15) is 12.7 Å². The molecule has 0 unspecified atom stereocenters. The summed E-state index contributed by atoms with van der Waals surface area (Å²) in [4.78, 5) is 3.87. The number of nitrogens with zero attached hydrogens (tertiary/aromatic N) is 3. The van der Waals surface area contributed by atoms with Crippen molar-refractivity contribution in [1.29, 1.82) is 0 Å². The van der Waals surface area contributed by atoms with Crippen LogP contribution in [-0.2, 0) is 0 Å². The summed E-state index contributed by atoms with van der Waals surface area (Å²) >= 11 is 5.92. The summed E-state index contributed by atoms with van der Waals surface area (Å²) in [5.74, 6) is 0. The topological polar surface area (TPSA) is 56.7 Å². The van der Waals surface area contributed by atoms with E-state index >= 15 is 0 Å². The second-order valence-electron chi connectivity index (χ2n) is 3.00. The Kier molecular flexibility index (Phi) is 2.13. The van der Waals surface area contributed by atoms with Crippen LogP contribution in [0.3, 0.4) is 0 Å². The molecule has 72 valence electrons. The standard InChI is InChI=1S/C9H9ClN4/c1-6-2-8(11)7(10)3-9(6)14-5-12-4-13-14/h2-5H,11H2,1H3. The van der Waals surface area contributed by atoms with Crippen LogP contribution in [0.1, 0.15) is 5.56 Å². The van der Waals surface area contributed by atoms with Crippen molar-refractivity contribution in [2.24, 2.45) is 0 Å². The fraction of sp³-hybridized carbons (Fsp3) is 0.111. The molecule has 0 aliphatic carbocycles. The van der Waals surface area contributed by atoms with Crippen LogP contribution in [-0.4, -0.2) is 14.8 Å². The zero-order valence-electron chi connectivity index (χ0n) is 7.61. The molecule has 0 saturated heterocycles. The Morgan fingerprint density at radius 3 is 2.86 bits per heavy atom. The van der Waals surface area contributed by atoms with E-state index in [2.05, 4.69) is 10.1 Å². The maximum absolute atomic E-state index is 5.92. The first-order valence-corrected chi connectivity index (χ1v) is 4.47. The van der Waals surface area contributed by atoms with E-state index in [4.69, 9.17) is 17.3 Å². The van der Waals surface area contributed by atoms with Crippen molar-refractivity contribution in [2.75, 3.05) is 5.73 Å². The van der Waals surface area contributed by atoms with E-state index in [0.29, 0.717) is 10.7 Å². The van der Waals surface area contributed by atoms with Crippen LogP contribution in [0.25, 0.3) is 5.69 Å². The normalized spacial score (nSPS) is 10.4. The maximum Gasteiger partial charge on any atom is 0.138 e. The highest BCUT2D eigenvalue weighted by Crippen LogP contribution is 2.24. The van der Waals surface area contributed by atoms with Crippen molar-refractivity contribution < 1.29 is 0 Å². The predicted octanol–water partition coefficient (Wildman–Crippen LogP) is 1.81. The lowest BCUT2D eigenvalue weighted by Gasteiger charge is -2.07. The van der Waals surface area contributed by atoms with Crippen molar-refractivity contribution in [3.05, 3.63) is 35.4 Å². The Balaban J connectivity index is 2.60. The van der Waals surface area contributed by atoms with Gasteiger partial charge in [-0.15, -0.1) is 0 Å². The number of anilines is 1. The van der Waals surface area contributed by atoms with E-state index in [9.17, 15) is 0 Å². The monoisotopic (exact) mass is 208 g/mol. The summed E-state index contributed by atoms with van der Waals surface area (Å²) in [5, 5.41) is 4.55. The molecule has 2 rings (SSSR count). The second kappa shape index (κ2) is 3.31. The van der Waals surface area contributed by atoms with E-state index in [-0.39, 0.29) is 0 Å². The number of hydrogen-bond donors (Lipinski definition) is 1. The molecule has 0 amide bonds. The highest BCUT2D eigenvalue weighted by Gasteiger charge is 2.05. The Hall–Kier alpha value is -1.55. The highest BCUT2D eigenvalue weighted by molar-refractivity contribution is 6.33. The molecule has 0 fully saturated rings. The molecule has 2 aromatic rings. The summed E-state index contributed by atoms with van der Waals surface area (Å²) in [6, 6.07) is 3.60. The Morgan fingerprint density at radius 1 is 1.43 bits per heavy atom. The van der Waals surface area contributed by atoms with Crippen LogP contribution >= 0.6 is 11.6 Å². The van der Waals surface area contributed by atoms with Gasteiger partial charge in [-0.3, -0.25) is 0 Å². The van der Waals surface area contributed by atoms with Gasteiger partial charge in [-0.05, 0) is 24.6 Å². The van der Waals surface area contributed by atoms with Crippen LogP contribution in [0.15, 0.2) is 24.8 Å². The van der Waals surface area contributed by atoms with Crippen molar-refractivity contribution in [2.45, 2.75) is 6.92 Å². The van der Waals surface area contributed by atoms with Gasteiger partial charge in [0.15, 0.2) is 0 Å². The molecule has 2 N–H and O–H groups in total. The third kappa shape index (κ3) is 1.44. The van der Waals surface area contributed by atoms with E-state index in [1.165, 1.54) is 6.33 Å². The van der Waals surface area contributed by atoms with Crippen molar-refractivity contribution >= 4 is 17.3 Å². The predicted molar refractivity (Wildman–Crippen MR) is 55.5 cm³/mol. The Morgan fingerprint density at radius 2 is 2.21 bits per heavy atom. The van der Waals surface area contributed by atoms with Gasteiger partial charge in [0.05, 0.1) is 16.4 Å². The molecule has 0 aliphatic rings. The number of hydrogen-bond acceptors (Lipinski definition) is 3. The first-order chi connectivity index (χ1) is 6.68. The first kappa shape index (κ1) is 9.02. The van der Waals surface area contributed by atoms with Gasteiger partial charge in [-0.25, -0.2) is 9.67 Å².